The van der Waals surface area contributed by atoms with Crippen molar-refractivity contribution in [1.82, 2.24) is 9.78 Å². The van der Waals surface area contributed by atoms with E-state index in [9.17, 15) is 22.4 Å². The first-order valence-corrected chi connectivity index (χ1v) is 14.5. The number of hydrogen-bond donors (Lipinski definition) is 2. The van der Waals surface area contributed by atoms with Gasteiger partial charge in [-0.15, -0.1) is 0 Å². The molecule has 1 heterocycles. The Hall–Kier alpha value is -4.66. The van der Waals surface area contributed by atoms with Crippen molar-refractivity contribution in [2.24, 2.45) is 0 Å². The zero-order valence-electron chi connectivity index (χ0n) is 24.1. The summed E-state index contributed by atoms with van der Waals surface area (Å²) in [6.45, 7) is 0.981. The van der Waals surface area contributed by atoms with Gasteiger partial charge in [-0.3, -0.25) is 9.48 Å². The van der Waals surface area contributed by atoms with Crippen LogP contribution in [0.4, 0.5) is 23.2 Å². The lowest BCUT2D eigenvalue weighted by Crippen LogP contribution is -2.07. The van der Waals surface area contributed by atoms with Crippen LogP contribution in [0, 0.1) is 5.82 Å². The second kappa shape index (κ2) is 13.8. The molecule has 4 aromatic rings. The molecule has 9 heteroatoms. The number of allylic oxidation sites excluding steroid dienone is 4. The van der Waals surface area contributed by atoms with Crippen molar-refractivity contribution >= 4 is 11.7 Å². The maximum absolute atomic E-state index is 14.4. The van der Waals surface area contributed by atoms with Gasteiger partial charge in [0.05, 0.1) is 17.8 Å². The molecule has 5 nitrogen and oxygen atoms in total. The average molecular weight is 604 g/mol. The summed E-state index contributed by atoms with van der Waals surface area (Å²) in [4.78, 5) is 10.8. The van der Waals surface area contributed by atoms with Crippen molar-refractivity contribution in [1.29, 1.82) is 0 Å². The first-order valence-electron chi connectivity index (χ1n) is 14.5. The SMILES string of the molecule is O=C(O)CCc1ccc(NCc2ccc(Cn3nc(-c4ccc(C(F)(F)F)cc4)cc3CCC3=CC=CCC3)cc2)cc1F. The highest BCUT2D eigenvalue weighted by Gasteiger charge is 2.30. The second-order valence-corrected chi connectivity index (χ2v) is 10.9. The number of carboxylic acids is 1. The molecule has 0 saturated heterocycles. The van der Waals surface area contributed by atoms with Gasteiger partial charge in [0.25, 0.3) is 0 Å². The predicted octanol–water partition coefficient (Wildman–Crippen LogP) is 8.59. The van der Waals surface area contributed by atoms with Crippen LogP contribution in [0.15, 0.2) is 96.6 Å². The number of anilines is 1. The third kappa shape index (κ3) is 8.24. The number of aromatic nitrogens is 2. The van der Waals surface area contributed by atoms with Crippen molar-refractivity contribution in [3.8, 4) is 11.3 Å². The number of carboxylic acid groups (broad SMARTS) is 1. The molecular formula is C35H33F4N3O2. The highest BCUT2D eigenvalue weighted by molar-refractivity contribution is 5.67. The summed E-state index contributed by atoms with van der Waals surface area (Å²) >= 11 is 0. The van der Waals surface area contributed by atoms with Gasteiger partial charge in [-0.05, 0) is 79.1 Å². The van der Waals surface area contributed by atoms with Crippen LogP contribution in [0.25, 0.3) is 11.3 Å². The van der Waals surface area contributed by atoms with Crippen LogP contribution in [-0.2, 0) is 36.9 Å². The molecule has 44 heavy (non-hydrogen) atoms. The largest absolute Gasteiger partial charge is 0.481 e. The van der Waals surface area contributed by atoms with Gasteiger partial charge in [-0.25, -0.2) is 4.39 Å². The molecule has 5 rings (SSSR count). The highest BCUT2D eigenvalue weighted by atomic mass is 19.4. The number of aryl methyl sites for hydroxylation is 2. The van der Waals surface area contributed by atoms with Crippen molar-refractivity contribution in [2.75, 3.05) is 5.32 Å². The summed E-state index contributed by atoms with van der Waals surface area (Å²) in [7, 11) is 0. The van der Waals surface area contributed by atoms with Crippen LogP contribution in [0.5, 0.6) is 0 Å². The fraction of sp³-hybridized carbons (Fsp3) is 0.257. The van der Waals surface area contributed by atoms with E-state index < -0.39 is 23.5 Å². The smallest absolute Gasteiger partial charge is 0.416 e. The third-order valence-electron chi connectivity index (χ3n) is 7.69. The Balaban J connectivity index is 1.27. The van der Waals surface area contributed by atoms with E-state index in [0.717, 1.165) is 54.6 Å². The molecular weight excluding hydrogens is 570 g/mol. The zero-order valence-corrected chi connectivity index (χ0v) is 24.1. The van der Waals surface area contributed by atoms with Gasteiger partial charge in [0.15, 0.2) is 0 Å². The van der Waals surface area contributed by atoms with Crippen molar-refractivity contribution in [2.45, 2.75) is 57.8 Å². The van der Waals surface area contributed by atoms with Gasteiger partial charge < -0.3 is 10.4 Å². The molecule has 228 valence electrons. The zero-order chi connectivity index (χ0) is 31.1. The normalized spacial score (nSPS) is 13.1. The van der Waals surface area contributed by atoms with Crippen molar-refractivity contribution in [3.05, 3.63) is 130 Å². The number of halogens is 4. The molecule has 0 bridgehead atoms. The molecule has 0 aliphatic heterocycles. The van der Waals surface area contributed by atoms with Gasteiger partial charge in [0, 0.05) is 29.9 Å². The number of nitrogens with zero attached hydrogens (tertiary/aromatic N) is 2. The Bertz CT molecular complexity index is 1650. The monoisotopic (exact) mass is 603 g/mol. The maximum atomic E-state index is 14.4. The minimum absolute atomic E-state index is 0.123. The van der Waals surface area contributed by atoms with E-state index >= 15 is 0 Å². The molecule has 2 N–H and O–H groups in total. The standard InChI is InChI=1S/C35H33F4N3O2/c36-32-20-30(17-13-27(32)14-19-34(43)44)40-22-25-6-8-26(9-7-25)23-42-31(18-10-24-4-2-1-3-5-24)21-33(41-42)28-11-15-29(16-12-28)35(37,38)39/h1-2,4,6-9,11-13,15-17,20-21,40H,3,5,10,14,18-19,22-23H2,(H,43,44). The maximum Gasteiger partial charge on any atom is 0.416 e. The van der Waals surface area contributed by atoms with Crippen LogP contribution in [0.2, 0.25) is 0 Å². The number of carbonyl (C=O) groups is 1. The predicted molar refractivity (Wildman–Crippen MR) is 163 cm³/mol. The lowest BCUT2D eigenvalue weighted by molar-refractivity contribution is -0.138. The first kappa shape index (κ1) is 30.8. The summed E-state index contributed by atoms with van der Waals surface area (Å²) in [6.07, 6.45) is 5.69. The quantitative estimate of drug-likeness (QED) is 0.159. The van der Waals surface area contributed by atoms with E-state index in [2.05, 4.69) is 23.5 Å². The molecule has 3 aromatic carbocycles. The fourth-order valence-corrected chi connectivity index (χ4v) is 5.16. The molecule has 0 unspecified atom stereocenters. The molecule has 0 spiro atoms. The third-order valence-corrected chi connectivity index (χ3v) is 7.69. The number of hydrogen-bond acceptors (Lipinski definition) is 3. The number of benzene rings is 3. The Labute approximate surface area is 253 Å². The minimum Gasteiger partial charge on any atom is -0.481 e. The number of rotatable bonds is 12. The molecule has 0 fully saturated rings. The number of aliphatic carboxylic acids is 1. The van der Waals surface area contributed by atoms with E-state index in [0.29, 0.717) is 35.6 Å². The summed E-state index contributed by atoms with van der Waals surface area (Å²) in [5, 5.41) is 16.8. The van der Waals surface area contributed by atoms with Crippen molar-refractivity contribution in [3.63, 3.8) is 0 Å². The van der Waals surface area contributed by atoms with Gasteiger partial charge in [0.1, 0.15) is 5.82 Å². The van der Waals surface area contributed by atoms with Crippen LogP contribution in [0.1, 0.15) is 53.6 Å². The molecule has 0 radical (unpaired) electrons. The average Bonchev–Trinajstić information content (AvgIpc) is 3.41. The number of alkyl halides is 3. The first-order chi connectivity index (χ1) is 21.1. The summed E-state index contributed by atoms with van der Waals surface area (Å²) < 4.78 is 55.5. The van der Waals surface area contributed by atoms with Gasteiger partial charge in [0.2, 0.25) is 0 Å². The van der Waals surface area contributed by atoms with E-state index in [1.54, 1.807) is 12.1 Å². The van der Waals surface area contributed by atoms with Crippen LogP contribution >= 0.6 is 0 Å². The Morgan fingerprint density at radius 2 is 1.68 bits per heavy atom. The van der Waals surface area contributed by atoms with Crippen molar-refractivity contribution < 1.29 is 27.5 Å². The molecule has 0 amide bonds. The van der Waals surface area contributed by atoms with E-state index in [1.165, 1.54) is 23.8 Å². The summed E-state index contributed by atoms with van der Waals surface area (Å²) in [5.74, 6) is -1.40. The summed E-state index contributed by atoms with van der Waals surface area (Å²) in [6, 6.07) is 19.8. The Morgan fingerprint density at radius 3 is 2.34 bits per heavy atom. The van der Waals surface area contributed by atoms with Gasteiger partial charge in [-0.1, -0.05) is 66.3 Å². The highest BCUT2D eigenvalue weighted by Crippen LogP contribution is 2.31. The lowest BCUT2D eigenvalue weighted by Gasteiger charge is -2.12. The van der Waals surface area contributed by atoms with Gasteiger partial charge >= 0.3 is 12.1 Å². The molecule has 1 aliphatic carbocycles. The van der Waals surface area contributed by atoms with Gasteiger partial charge in [-0.2, -0.15) is 18.3 Å². The van der Waals surface area contributed by atoms with E-state index in [4.69, 9.17) is 10.2 Å². The summed E-state index contributed by atoms with van der Waals surface area (Å²) in [5.41, 5.74) is 5.93. The fourth-order valence-electron chi connectivity index (χ4n) is 5.16. The molecule has 0 saturated carbocycles. The van der Waals surface area contributed by atoms with E-state index in [1.807, 2.05) is 35.0 Å². The van der Waals surface area contributed by atoms with E-state index in [-0.39, 0.29) is 12.8 Å². The minimum atomic E-state index is -4.39. The van der Waals surface area contributed by atoms with Crippen LogP contribution < -0.4 is 5.32 Å². The molecule has 1 aliphatic rings. The number of nitrogens with one attached hydrogen (secondary N) is 1. The van der Waals surface area contributed by atoms with Crippen LogP contribution in [0.3, 0.4) is 0 Å². The molecule has 1 aromatic heterocycles. The lowest BCUT2D eigenvalue weighted by atomic mass is 9.99. The molecule has 0 atom stereocenters. The Kier molecular flexibility index (Phi) is 9.62. The second-order valence-electron chi connectivity index (χ2n) is 10.9. The van der Waals surface area contributed by atoms with Crippen LogP contribution in [-0.4, -0.2) is 20.9 Å². The topological polar surface area (TPSA) is 67.2 Å². The Morgan fingerprint density at radius 1 is 0.932 bits per heavy atom.